The van der Waals surface area contributed by atoms with Gasteiger partial charge in [-0.1, -0.05) is 324 Å². The first-order chi connectivity index (χ1) is 59.0. The van der Waals surface area contributed by atoms with E-state index in [4.69, 9.17) is 5.48 Å². The van der Waals surface area contributed by atoms with Crippen LogP contribution < -0.4 is 26.2 Å². The molecule has 538 valence electrons. The van der Waals surface area contributed by atoms with Crippen LogP contribution in [0.4, 0.5) is 22.7 Å². The molecule has 16 aromatic carbocycles. The van der Waals surface area contributed by atoms with Crippen LogP contribution in [0.3, 0.4) is 0 Å². The van der Waals surface area contributed by atoms with Crippen molar-refractivity contribution >= 4 is 89.5 Å². The van der Waals surface area contributed by atoms with E-state index in [0.717, 1.165) is 50.5 Å². The Morgan fingerprint density at radius 2 is 0.770 bits per heavy atom. The average Bonchev–Trinajstić information content (AvgIpc) is 1.51. The quantitative estimate of drug-likeness (QED) is 0.0951. The Labute approximate surface area is 673 Å². The number of anilines is 4. The molecule has 2 aliphatic carbocycles. The molecule has 22 rings (SSSR count). The highest BCUT2D eigenvalue weighted by Gasteiger charge is 2.52. The fraction of sp³-hybridized carbons (Fsp3) is 0.111. The fourth-order valence-corrected chi connectivity index (χ4v) is 20.1. The van der Waals surface area contributed by atoms with Gasteiger partial charge in [0.2, 0.25) is 0 Å². The predicted octanol–water partition coefficient (Wildman–Crippen LogP) is 24.7. The monoisotopic (exact) mass is 1450 g/mol. The summed E-state index contributed by atoms with van der Waals surface area (Å²) >= 11 is 0. The number of hydrogen-bond acceptors (Lipinski definition) is 2. The van der Waals surface area contributed by atoms with Crippen molar-refractivity contribution in [2.24, 2.45) is 0 Å². The molecular formula is C108H83BN4. The highest BCUT2D eigenvalue weighted by molar-refractivity contribution is 7.00. The zero-order valence-corrected chi connectivity index (χ0v) is 63.3. The first-order valence-corrected chi connectivity index (χ1v) is 39.9. The average molecular weight is 1460 g/mol. The Morgan fingerprint density at radius 3 is 1.28 bits per heavy atom. The molecule has 113 heavy (non-hydrogen) atoms. The lowest BCUT2D eigenvalue weighted by molar-refractivity contribution is 0.590. The van der Waals surface area contributed by atoms with Crippen LogP contribution in [0.2, 0.25) is 0 Å². The second-order valence-electron chi connectivity index (χ2n) is 32.0. The molecule has 0 unspecified atom stereocenters. The van der Waals surface area contributed by atoms with Crippen LogP contribution in [0.15, 0.2) is 364 Å². The molecule has 4 nitrogen and oxygen atoms in total. The van der Waals surface area contributed by atoms with Crippen molar-refractivity contribution in [3.05, 3.63) is 408 Å². The van der Waals surface area contributed by atoms with Gasteiger partial charge in [-0.15, -0.1) is 0 Å². The molecule has 0 saturated carbocycles. The van der Waals surface area contributed by atoms with Crippen LogP contribution in [0.25, 0.3) is 116 Å². The molecule has 0 radical (unpaired) electrons. The topological polar surface area (TPSA) is 16.3 Å². The molecule has 2 aromatic heterocycles. The van der Waals surface area contributed by atoms with E-state index in [9.17, 15) is 5.48 Å². The summed E-state index contributed by atoms with van der Waals surface area (Å²) in [4.78, 5) is 5.34. The van der Waals surface area contributed by atoms with Gasteiger partial charge in [0.15, 0.2) is 0 Å². The molecule has 18 aromatic rings. The van der Waals surface area contributed by atoms with Crippen molar-refractivity contribution in [3.63, 3.8) is 0 Å². The maximum atomic E-state index is 9.37. The van der Waals surface area contributed by atoms with Crippen LogP contribution in [0.5, 0.6) is 0 Å². The Kier molecular flexibility index (Phi) is 13.8. The molecular weight excluding hydrogens is 1360 g/mol. The highest BCUT2D eigenvalue weighted by Crippen LogP contribution is 2.64. The molecule has 0 N–H and O–H groups in total. The molecule has 0 fully saturated rings. The molecule has 4 heterocycles. The molecule has 0 saturated heterocycles. The molecule has 1 spiro atoms. The molecule has 4 aliphatic rings. The molecule has 2 aliphatic heterocycles. The number of para-hydroxylation sites is 3. The van der Waals surface area contributed by atoms with Crippen molar-refractivity contribution in [2.75, 3.05) is 22.9 Å². The number of aryl methyl sites for hydroxylation is 2. The standard InChI is InChI=1S/C108H83BN4/c1-107(2,3)76-66-104-106-105(67-76)112(64-61-83-80(74-36-12-6-13-37-74)48-29-49-81(83)75-38-14-7-15-39-75)103-68-77(113-100-55-27-21-45-89(100)91-69-90-86-42-18-24-52-94(86)108(95(90)70-101(91)113)92-50-22-16-40-84(92)85-41-17-23-51-93(85)108)57-59-97(103)109(106)96-58-56-71(31-30-62-110-98-53-25-19-43-87(98)88-44-20-26-54-99(88)110)65-102(96)111(104)63-60-82-78(72-32-8-4-9-33-72)46-28-47-79(82)73-34-10-5-11-35-73/h4-29,32-59,65-70H,30-31,60-64H2,1-3H3/i19D,20D,25D,26D,43D,44D,53D,54D. The van der Waals surface area contributed by atoms with Crippen molar-refractivity contribution in [3.8, 4) is 72.4 Å². The number of aromatic nitrogens is 2. The smallest absolute Gasteiger partial charge is 0.252 e. The Bertz CT molecular complexity index is 7120. The van der Waals surface area contributed by atoms with Crippen LogP contribution in [0, 0.1) is 0 Å². The van der Waals surface area contributed by atoms with E-state index in [2.05, 4.69) is 351 Å². The SMILES string of the molecule is [2H]c1c([2H])c([2H])c2c(c1[2H])c1c([2H])c([2H])c([2H])c([2H])c1n2CCCc1ccc2c(c1)N(CCc1c(-c3ccccc3)cccc1-c1ccccc1)c1cc(C(C)(C)C)cc3c1B2c1ccc(-n2c4ccccc4c4cc5c(cc42)C2(c4ccccc4-c4ccccc42)c2ccccc2-5)cc1N3CCc1c(-c2ccccc2)cccc1-c1ccccc1. The van der Waals surface area contributed by atoms with E-state index < -0.39 is 29.6 Å². The molecule has 5 heteroatoms. The van der Waals surface area contributed by atoms with E-state index in [1.807, 2.05) is 0 Å². The van der Waals surface area contributed by atoms with E-state index in [-0.39, 0.29) is 64.6 Å². The third-order valence-corrected chi connectivity index (χ3v) is 25.1. The lowest BCUT2D eigenvalue weighted by atomic mass is 9.33. The predicted molar refractivity (Wildman–Crippen MR) is 477 cm³/mol. The Hall–Kier alpha value is -13.2. The summed E-state index contributed by atoms with van der Waals surface area (Å²) in [7, 11) is 0. The maximum absolute atomic E-state index is 9.37. The summed E-state index contributed by atoms with van der Waals surface area (Å²) in [6, 6.07) is 115. The number of nitrogens with zero attached hydrogens (tertiary/aromatic N) is 4. The van der Waals surface area contributed by atoms with Crippen molar-refractivity contribution in [2.45, 2.75) is 63.8 Å². The third-order valence-electron chi connectivity index (χ3n) is 25.1. The minimum absolute atomic E-state index is 0.0986. The van der Waals surface area contributed by atoms with Crippen LogP contribution in [-0.4, -0.2) is 28.9 Å². The van der Waals surface area contributed by atoms with Gasteiger partial charge in [0.05, 0.1) is 27.4 Å². The Balaban J connectivity index is 0.770. The second kappa shape index (κ2) is 26.5. The van der Waals surface area contributed by atoms with E-state index in [0.29, 0.717) is 38.8 Å². The van der Waals surface area contributed by atoms with E-state index in [1.54, 1.807) is 4.57 Å². The minimum atomic E-state index is -0.564. The number of hydrogen-bond donors (Lipinski definition) is 0. The van der Waals surface area contributed by atoms with Crippen molar-refractivity contribution in [1.29, 1.82) is 0 Å². The summed E-state index contributed by atoms with van der Waals surface area (Å²) in [5.74, 6) is 0. The first kappa shape index (κ1) is 58.7. The van der Waals surface area contributed by atoms with Gasteiger partial charge < -0.3 is 18.9 Å². The van der Waals surface area contributed by atoms with E-state index >= 15 is 0 Å². The highest BCUT2D eigenvalue weighted by atomic mass is 15.2. The van der Waals surface area contributed by atoms with Crippen molar-refractivity contribution < 1.29 is 11.0 Å². The zero-order chi connectivity index (χ0) is 82.0. The molecule has 0 atom stereocenters. The van der Waals surface area contributed by atoms with E-state index in [1.165, 1.54) is 127 Å². The van der Waals surface area contributed by atoms with Gasteiger partial charge in [0, 0.05) is 80.6 Å². The summed E-state index contributed by atoms with van der Waals surface area (Å²) < 4.78 is 76.8. The van der Waals surface area contributed by atoms with Crippen LogP contribution >= 0.6 is 0 Å². The summed E-state index contributed by atoms with van der Waals surface area (Å²) in [5, 5.41) is 2.58. The van der Waals surface area contributed by atoms with Gasteiger partial charge in [-0.05, 0) is 219 Å². The lowest BCUT2D eigenvalue weighted by Gasteiger charge is -2.45. The van der Waals surface area contributed by atoms with Gasteiger partial charge in [-0.25, -0.2) is 0 Å². The molecule has 0 amide bonds. The zero-order valence-electron chi connectivity index (χ0n) is 71.3. The first-order valence-electron chi connectivity index (χ1n) is 43.9. The van der Waals surface area contributed by atoms with Gasteiger partial charge >= 0.3 is 0 Å². The molecule has 0 bridgehead atoms. The number of fused-ring (bicyclic) bond motifs is 20. The van der Waals surface area contributed by atoms with Crippen molar-refractivity contribution in [1.82, 2.24) is 9.13 Å². The van der Waals surface area contributed by atoms with Gasteiger partial charge in [0.1, 0.15) is 0 Å². The number of rotatable bonds is 15. The Morgan fingerprint density at radius 1 is 0.327 bits per heavy atom. The summed E-state index contributed by atoms with van der Waals surface area (Å²) in [6.45, 7) is 8.24. The minimum Gasteiger partial charge on any atom is -0.342 e. The third kappa shape index (κ3) is 10.5. The maximum Gasteiger partial charge on any atom is 0.252 e. The van der Waals surface area contributed by atoms with Crippen LogP contribution in [-0.2, 0) is 36.6 Å². The van der Waals surface area contributed by atoms with Gasteiger partial charge in [-0.3, -0.25) is 0 Å². The lowest BCUT2D eigenvalue weighted by Crippen LogP contribution is -2.62. The second-order valence-corrected chi connectivity index (χ2v) is 32.0. The normalized spacial score (nSPS) is 14.3. The largest absolute Gasteiger partial charge is 0.342 e. The van der Waals surface area contributed by atoms with Gasteiger partial charge in [-0.2, -0.15) is 0 Å². The fourth-order valence-electron chi connectivity index (χ4n) is 20.1. The summed E-state index contributed by atoms with van der Waals surface area (Å²) in [6.07, 6.45) is 2.40. The van der Waals surface area contributed by atoms with Crippen LogP contribution in [0.1, 0.15) is 82.7 Å². The summed E-state index contributed by atoms with van der Waals surface area (Å²) in [5.41, 5.74) is 35.4. The number of benzene rings is 16. The van der Waals surface area contributed by atoms with Gasteiger partial charge in [0.25, 0.3) is 6.71 Å².